The molecule has 23 heavy (non-hydrogen) atoms. The van der Waals surface area contributed by atoms with E-state index in [-0.39, 0.29) is 13.0 Å². The molecular weight excluding hydrogens is 320 g/mol. The summed E-state index contributed by atoms with van der Waals surface area (Å²) in [4.78, 5) is 11.6. The Kier molecular flexibility index (Phi) is 8.99. The molecule has 2 N–H and O–H groups in total. The molecule has 0 heterocycles. The molecule has 5 nitrogen and oxygen atoms in total. The summed E-state index contributed by atoms with van der Waals surface area (Å²) in [6.07, 6.45) is 3.46. The molecule has 0 aliphatic carbocycles. The van der Waals surface area contributed by atoms with E-state index in [9.17, 15) is 15.0 Å². The summed E-state index contributed by atoms with van der Waals surface area (Å²) in [6.45, 7) is 1.83. The SMILES string of the molecule is CCOC(=O)[C@@](O)(CO)CCCCCCOc1ccc(Cl)cc1. The molecule has 0 saturated carbocycles. The van der Waals surface area contributed by atoms with Gasteiger partial charge < -0.3 is 19.7 Å². The molecule has 0 aromatic heterocycles. The zero-order valence-corrected chi connectivity index (χ0v) is 14.2. The van der Waals surface area contributed by atoms with E-state index in [1.807, 2.05) is 12.1 Å². The molecule has 0 aliphatic rings. The summed E-state index contributed by atoms with van der Waals surface area (Å²) in [5.74, 6) is 0.0277. The van der Waals surface area contributed by atoms with Crippen LogP contribution in [0.4, 0.5) is 0 Å². The summed E-state index contributed by atoms with van der Waals surface area (Å²) < 4.78 is 10.4. The van der Waals surface area contributed by atoms with Gasteiger partial charge in [-0.1, -0.05) is 24.4 Å². The quantitative estimate of drug-likeness (QED) is 0.477. The molecule has 0 saturated heterocycles. The number of carbonyl (C=O) groups is 1. The molecule has 1 aromatic carbocycles. The van der Waals surface area contributed by atoms with Crippen LogP contribution in [0, 0.1) is 0 Å². The van der Waals surface area contributed by atoms with E-state index in [1.165, 1.54) is 0 Å². The normalized spacial score (nSPS) is 13.4. The molecule has 0 aliphatic heterocycles. The summed E-state index contributed by atoms with van der Waals surface area (Å²) in [7, 11) is 0. The van der Waals surface area contributed by atoms with Gasteiger partial charge in [-0.2, -0.15) is 0 Å². The number of carbonyl (C=O) groups excluding carboxylic acids is 1. The first kappa shape index (κ1) is 19.7. The Morgan fingerprint density at radius 1 is 1.17 bits per heavy atom. The van der Waals surface area contributed by atoms with Gasteiger partial charge in [0.1, 0.15) is 5.75 Å². The molecule has 0 fully saturated rings. The highest BCUT2D eigenvalue weighted by atomic mass is 35.5. The van der Waals surface area contributed by atoms with Crippen LogP contribution in [0.5, 0.6) is 5.75 Å². The lowest BCUT2D eigenvalue weighted by Crippen LogP contribution is -2.43. The van der Waals surface area contributed by atoms with Crippen LogP contribution in [0.3, 0.4) is 0 Å². The number of ether oxygens (including phenoxy) is 2. The molecule has 1 aromatic rings. The number of halogens is 1. The third-order valence-electron chi connectivity index (χ3n) is 3.48. The van der Waals surface area contributed by atoms with Crippen LogP contribution in [0.2, 0.25) is 5.02 Å². The van der Waals surface area contributed by atoms with Gasteiger partial charge in [0.2, 0.25) is 0 Å². The highest BCUT2D eigenvalue weighted by Crippen LogP contribution is 2.18. The summed E-state index contributed by atoms with van der Waals surface area (Å²) in [6, 6.07) is 7.20. The van der Waals surface area contributed by atoms with Crippen molar-refractivity contribution in [2.75, 3.05) is 19.8 Å². The van der Waals surface area contributed by atoms with Gasteiger partial charge in [-0.05, 0) is 50.5 Å². The Bertz CT molecular complexity index is 463. The molecule has 0 spiro atoms. The monoisotopic (exact) mass is 344 g/mol. The Morgan fingerprint density at radius 2 is 1.83 bits per heavy atom. The van der Waals surface area contributed by atoms with Crippen LogP contribution < -0.4 is 4.74 Å². The molecule has 0 amide bonds. The van der Waals surface area contributed by atoms with Crippen LogP contribution in [-0.4, -0.2) is 41.6 Å². The smallest absolute Gasteiger partial charge is 0.340 e. The van der Waals surface area contributed by atoms with Crippen molar-refractivity contribution in [3.05, 3.63) is 29.3 Å². The molecule has 6 heteroatoms. The number of unbranched alkanes of at least 4 members (excludes halogenated alkanes) is 3. The van der Waals surface area contributed by atoms with Gasteiger partial charge >= 0.3 is 5.97 Å². The third-order valence-corrected chi connectivity index (χ3v) is 3.74. The van der Waals surface area contributed by atoms with Crippen molar-refractivity contribution in [2.24, 2.45) is 0 Å². The number of esters is 1. The maximum Gasteiger partial charge on any atom is 0.340 e. The fourth-order valence-electron chi connectivity index (χ4n) is 2.11. The summed E-state index contributed by atoms with van der Waals surface area (Å²) in [5.41, 5.74) is -1.78. The minimum atomic E-state index is -1.78. The van der Waals surface area contributed by atoms with E-state index in [0.717, 1.165) is 25.0 Å². The lowest BCUT2D eigenvalue weighted by atomic mass is 9.97. The summed E-state index contributed by atoms with van der Waals surface area (Å²) >= 11 is 5.79. The highest BCUT2D eigenvalue weighted by Gasteiger charge is 2.36. The minimum absolute atomic E-state index is 0.184. The second-order valence-corrected chi connectivity index (χ2v) is 5.81. The van der Waals surface area contributed by atoms with Gasteiger partial charge in [0, 0.05) is 5.02 Å². The van der Waals surface area contributed by atoms with E-state index >= 15 is 0 Å². The van der Waals surface area contributed by atoms with Gasteiger partial charge in [0.25, 0.3) is 0 Å². The maximum atomic E-state index is 11.6. The second kappa shape index (κ2) is 10.5. The van der Waals surface area contributed by atoms with Crippen LogP contribution in [0.15, 0.2) is 24.3 Å². The van der Waals surface area contributed by atoms with Crippen molar-refractivity contribution >= 4 is 17.6 Å². The highest BCUT2D eigenvalue weighted by molar-refractivity contribution is 6.30. The van der Waals surface area contributed by atoms with Crippen molar-refractivity contribution in [1.82, 2.24) is 0 Å². The van der Waals surface area contributed by atoms with Crippen molar-refractivity contribution in [2.45, 2.75) is 44.6 Å². The van der Waals surface area contributed by atoms with Gasteiger partial charge in [-0.15, -0.1) is 0 Å². The topological polar surface area (TPSA) is 76.0 Å². The van der Waals surface area contributed by atoms with E-state index in [2.05, 4.69) is 0 Å². The minimum Gasteiger partial charge on any atom is -0.494 e. The van der Waals surface area contributed by atoms with E-state index in [4.69, 9.17) is 21.1 Å². The van der Waals surface area contributed by atoms with E-state index in [0.29, 0.717) is 18.1 Å². The summed E-state index contributed by atoms with van der Waals surface area (Å²) in [5, 5.41) is 19.9. The Morgan fingerprint density at radius 3 is 2.43 bits per heavy atom. The molecule has 0 bridgehead atoms. The third kappa shape index (κ3) is 7.20. The number of aliphatic hydroxyl groups is 2. The first-order valence-corrected chi connectivity index (χ1v) is 8.28. The van der Waals surface area contributed by atoms with Crippen molar-refractivity contribution in [3.8, 4) is 5.75 Å². The van der Waals surface area contributed by atoms with Crippen LogP contribution in [0.25, 0.3) is 0 Å². The lowest BCUT2D eigenvalue weighted by Gasteiger charge is -2.23. The average Bonchev–Trinajstić information content (AvgIpc) is 2.55. The average molecular weight is 345 g/mol. The van der Waals surface area contributed by atoms with Crippen LogP contribution in [0.1, 0.15) is 39.0 Å². The molecule has 1 atom stereocenters. The first-order valence-electron chi connectivity index (χ1n) is 7.90. The fraction of sp³-hybridized carbons (Fsp3) is 0.588. The van der Waals surface area contributed by atoms with Gasteiger partial charge in [-0.25, -0.2) is 4.79 Å². The molecule has 0 radical (unpaired) electrons. The largest absolute Gasteiger partial charge is 0.494 e. The number of benzene rings is 1. The predicted octanol–water partition coefficient (Wildman–Crippen LogP) is 2.96. The lowest BCUT2D eigenvalue weighted by molar-refractivity contribution is -0.170. The van der Waals surface area contributed by atoms with Gasteiger partial charge in [-0.3, -0.25) is 0 Å². The Hall–Kier alpha value is -1.30. The van der Waals surface area contributed by atoms with E-state index < -0.39 is 18.2 Å². The maximum absolute atomic E-state index is 11.6. The number of aliphatic hydroxyl groups excluding tert-OH is 1. The van der Waals surface area contributed by atoms with Gasteiger partial charge in [0.15, 0.2) is 5.60 Å². The zero-order valence-electron chi connectivity index (χ0n) is 13.5. The molecule has 1 rings (SSSR count). The Labute approximate surface area is 142 Å². The molecule has 0 unspecified atom stereocenters. The van der Waals surface area contributed by atoms with Crippen molar-refractivity contribution in [3.63, 3.8) is 0 Å². The molecular formula is C17H25ClO5. The Balaban J connectivity index is 2.14. The number of rotatable bonds is 11. The second-order valence-electron chi connectivity index (χ2n) is 5.38. The number of hydrogen-bond donors (Lipinski definition) is 2. The van der Waals surface area contributed by atoms with Crippen molar-refractivity contribution < 1.29 is 24.5 Å². The first-order chi connectivity index (χ1) is 11.0. The van der Waals surface area contributed by atoms with Crippen LogP contribution in [-0.2, 0) is 9.53 Å². The standard InChI is InChI=1S/C17H25ClO5/c1-2-22-16(20)17(21,13-19)11-5-3-4-6-12-23-15-9-7-14(18)8-10-15/h7-10,19,21H,2-6,11-13H2,1H3/t17-/m0/s1. The van der Waals surface area contributed by atoms with Gasteiger partial charge in [0.05, 0.1) is 19.8 Å². The number of hydrogen-bond acceptors (Lipinski definition) is 5. The van der Waals surface area contributed by atoms with E-state index in [1.54, 1.807) is 19.1 Å². The zero-order chi connectivity index (χ0) is 17.1. The van der Waals surface area contributed by atoms with Crippen LogP contribution >= 0.6 is 11.6 Å². The molecule has 130 valence electrons. The fourth-order valence-corrected chi connectivity index (χ4v) is 2.23. The van der Waals surface area contributed by atoms with Crippen molar-refractivity contribution in [1.29, 1.82) is 0 Å². The predicted molar refractivity (Wildman–Crippen MR) is 88.7 cm³/mol.